The molecule has 0 saturated heterocycles. The first kappa shape index (κ1) is 15.8. The van der Waals surface area contributed by atoms with Gasteiger partial charge in [0.2, 0.25) is 11.9 Å². The number of anilines is 3. The number of halogens is 2. The van der Waals surface area contributed by atoms with Crippen LogP contribution < -0.4 is 15.4 Å². The molecule has 0 amide bonds. The highest BCUT2D eigenvalue weighted by atomic mass is 79.9. The minimum absolute atomic E-state index is 0.235. The van der Waals surface area contributed by atoms with E-state index in [-0.39, 0.29) is 6.01 Å². The van der Waals surface area contributed by atoms with E-state index in [1.54, 1.807) is 6.07 Å². The summed E-state index contributed by atoms with van der Waals surface area (Å²) in [7, 11) is 1.51. The van der Waals surface area contributed by atoms with Crippen LogP contribution >= 0.6 is 27.5 Å². The molecule has 0 aliphatic carbocycles. The fraction of sp³-hybridized carbons (Fsp3) is 0.308. The molecule has 1 heterocycles. The summed E-state index contributed by atoms with van der Waals surface area (Å²) < 4.78 is 5.98. The van der Waals surface area contributed by atoms with Crippen molar-refractivity contribution in [2.45, 2.75) is 13.3 Å². The summed E-state index contributed by atoms with van der Waals surface area (Å²) in [6.07, 6.45) is 0.968. The van der Waals surface area contributed by atoms with E-state index in [2.05, 4.69) is 48.4 Å². The number of methoxy groups -OCH3 is 1. The average molecular weight is 373 g/mol. The van der Waals surface area contributed by atoms with E-state index in [9.17, 15) is 0 Å². The molecule has 0 saturated carbocycles. The van der Waals surface area contributed by atoms with Gasteiger partial charge in [0.25, 0.3) is 0 Å². The summed E-state index contributed by atoms with van der Waals surface area (Å²) in [5, 5.41) is 6.71. The van der Waals surface area contributed by atoms with Crippen LogP contribution in [0.3, 0.4) is 0 Å². The lowest BCUT2D eigenvalue weighted by atomic mass is 10.3. The molecule has 0 aliphatic heterocycles. The molecule has 0 aliphatic rings. The van der Waals surface area contributed by atoms with Gasteiger partial charge in [0.1, 0.15) is 0 Å². The lowest BCUT2D eigenvalue weighted by molar-refractivity contribution is 0.379. The molecule has 0 atom stereocenters. The van der Waals surface area contributed by atoms with Gasteiger partial charge >= 0.3 is 6.01 Å². The topological polar surface area (TPSA) is 72.0 Å². The van der Waals surface area contributed by atoms with Crippen molar-refractivity contribution in [3.63, 3.8) is 0 Å². The fourth-order valence-corrected chi connectivity index (χ4v) is 2.25. The molecular formula is C13H15BrClN5O. The predicted octanol–water partition coefficient (Wildman–Crippen LogP) is 3.86. The molecule has 0 unspecified atom stereocenters. The molecule has 0 bridgehead atoms. The van der Waals surface area contributed by atoms with E-state index < -0.39 is 0 Å². The molecule has 6 nitrogen and oxygen atoms in total. The lowest BCUT2D eigenvalue weighted by Crippen LogP contribution is -2.09. The van der Waals surface area contributed by atoms with E-state index >= 15 is 0 Å². The van der Waals surface area contributed by atoms with Crippen molar-refractivity contribution in [3.05, 3.63) is 27.7 Å². The lowest BCUT2D eigenvalue weighted by Gasteiger charge is -2.10. The van der Waals surface area contributed by atoms with Crippen LogP contribution in [0.4, 0.5) is 17.6 Å². The van der Waals surface area contributed by atoms with E-state index in [0.29, 0.717) is 22.6 Å². The van der Waals surface area contributed by atoms with E-state index in [1.807, 2.05) is 12.1 Å². The highest BCUT2D eigenvalue weighted by Gasteiger charge is 2.08. The van der Waals surface area contributed by atoms with Gasteiger partial charge in [-0.3, -0.25) is 0 Å². The molecule has 0 fully saturated rings. The van der Waals surface area contributed by atoms with Crippen LogP contribution in [-0.2, 0) is 0 Å². The maximum Gasteiger partial charge on any atom is 0.322 e. The Morgan fingerprint density at radius 1 is 1.24 bits per heavy atom. The average Bonchev–Trinajstić information content (AvgIpc) is 2.48. The van der Waals surface area contributed by atoms with Crippen molar-refractivity contribution in [1.29, 1.82) is 0 Å². The monoisotopic (exact) mass is 371 g/mol. The number of nitrogens with one attached hydrogen (secondary N) is 2. The molecule has 1 aromatic carbocycles. The van der Waals surface area contributed by atoms with Crippen molar-refractivity contribution in [2.75, 3.05) is 24.3 Å². The summed E-state index contributed by atoms with van der Waals surface area (Å²) in [5.74, 6) is 0.823. The standard InChI is InChI=1S/C13H15BrClN5O/c1-3-6-16-11-18-12(20-13(19-11)21-2)17-10-5-4-8(14)7-9(10)15/h4-5,7H,3,6H2,1-2H3,(H2,16,17,18,19,20). The highest BCUT2D eigenvalue weighted by Crippen LogP contribution is 2.27. The fourth-order valence-electron chi connectivity index (χ4n) is 1.53. The van der Waals surface area contributed by atoms with Crippen LogP contribution in [0.15, 0.2) is 22.7 Å². The molecule has 21 heavy (non-hydrogen) atoms. The number of ether oxygens (including phenoxy) is 1. The largest absolute Gasteiger partial charge is 0.467 e. The van der Waals surface area contributed by atoms with Crippen LogP contribution in [0.1, 0.15) is 13.3 Å². The quantitative estimate of drug-likeness (QED) is 0.802. The Morgan fingerprint density at radius 2 is 2.00 bits per heavy atom. The smallest absolute Gasteiger partial charge is 0.322 e. The van der Waals surface area contributed by atoms with Crippen LogP contribution in [0.25, 0.3) is 0 Å². The minimum Gasteiger partial charge on any atom is -0.467 e. The summed E-state index contributed by atoms with van der Waals surface area (Å²) in [5.41, 5.74) is 0.703. The maximum absolute atomic E-state index is 6.17. The summed E-state index contributed by atoms with van der Waals surface area (Å²) in [6.45, 7) is 2.83. The summed E-state index contributed by atoms with van der Waals surface area (Å²) in [6, 6.07) is 5.74. The first-order valence-corrected chi connectivity index (χ1v) is 7.55. The summed E-state index contributed by atoms with van der Waals surface area (Å²) in [4.78, 5) is 12.6. The second-order valence-corrected chi connectivity index (χ2v) is 5.47. The maximum atomic E-state index is 6.17. The Bertz CT molecular complexity index is 626. The van der Waals surface area contributed by atoms with Gasteiger partial charge in [-0.2, -0.15) is 15.0 Å². The van der Waals surface area contributed by atoms with Gasteiger partial charge in [0.15, 0.2) is 0 Å². The van der Waals surface area contributed by atoms with Crippen LogP contribution in [0, 0.1) is 0 Å². The van der Waals surface area contributed by atoms with E-state index in [0.717, 1.165) is 17.4 Å². The van der Waals surface area contributed by atoms with E-state index in [4.69, 9.17) is 16.3 Å². The molecule has 2 rings (SSSR count). The van der Waals surface area contributed by atoms with Crippen LogP contribution in [-0.4, -0.2) is 28.6 Å². The van der Waals surface area contributed by atoms with Gasteiger partial charge in [-0.25, -0.2) is 0 Å². The minimum atomic E-state index is 0.235. The molecule has 2 aromatic rings. The van der Waals surface area contributed by atoms with Gasteiger partial charge < -0.3 is 15.4 Å². The first-order chi connectivity index (χ1) is 10.1. The Balaban J connectivity index is 2.25. The molecule has 112 valence electrons. The zero-order valence-electron chi connectivity index (χ0n) is 11.7. The van der Waals surface area contributed by atoms with Gasteiger partial charge in [-0.15, -0.1) is 0 Å². The summed E-state index contributed by atoms with van der Waals surface area (Å²) >= 11 is 9.53. The first-order valence-electron chi connectivity index (χ1n) is 6.38. The Labute approximate surface area is 136 Å². The third-order valence-corrected chi connectivity index (χ3v) is 3.31. The van der Waals surface area contributed by atoms with Gasteiger partial charge in [-0.1, -0.05) is 34.5 Å². The zero-order chi connectivity index (χ0) is 15.2. The number of hydrogen-bond acceptors (Lipinski definition) is 6. The van der Waals surface area contributed by atoms with E-state index in [1.165, 1.54) is 7.11 Å². The van der Waals surface area contributed by atoms with Crippen LogP contribution in [0.5, 0.6) is 6.01 Å². The van der Waals surface area contributed by atoms with Gasteiger partial charge in [0, 0.05) is 11.0 Å². The van der Waals surface area contributed by atoms with Crippen molar-refractivity contribution < 1.29 is 4.74 Å². The van der Waals surface area contributed by atoms with Gasteiger partial charge in [0.05, 0.1) is 17.8 Å². The van der Waals surface area contributed by atoms with Crippen molar-refractivity contribution in [2.24, 2.45) is 0 Å². The zero-order valence-corrected chi connectivity index (χ0v) is 14.0. The Morgan fingerprint density at radius 3 is 2.67 bits per heavy atom. The predicted molar refractivity (Wildman–Crippen MR) is 87.6 cm³/mol. The van der Waals surface area contributed by atoms with Crippen molar-refractivity contribution in [3.8, 4) is 6.01 Å². The van der Waals surface area contributed by atoms with Crippen molar-refractivity contribution in [1.82, 2.24) is 15.0 Å². The molecule has 1 aromatic heterocycles. The third-order valence-electron chi connectivity index (χ3n) is 2.51. The third kappa shape index (κ3) is 4.44. The normalized spacial score (nSPS) is 10.3. The second-order valence-electron chi connectivity index (χ2n) is 4.15. The molecule has 2 N–H and O–H groups in total. The second kappa shape index (κ2) is 7.42. The number of nitrogens with zero attached hydrogens (tertiary/aromatic N) is 3. The Hall–Kier alpha value is -1.60. The molecule has 0 spiro atoms. The van der Waals surface area contributed by atoms with Crippen LogP contribution in [0.2, 0.25) is 5.02 Å². The highest BCUT2D eigenvalue weighted by molar-refractivity contribution is 9.10. The number of benzene rings is 1. The molecule has 8 heteroatoms. The number of hydrogen-bond donors (Lipinski definition) is 2. The number of aromatic nitrogens is 3. The van der Waals surface area contributed by atoms with Crippen molar-refractivity contribution >= 4 is 45.1 Å². The molecule has 0 radical (unpaired) electrons. The Kier molecular flexibility index (Phi) is 5.58. The molecular weight excluding hydrogens is 358 g/mol. The number of rotatable bonds is 6. The SMILES string of the molecule is CCCNc1nc(Nc2ccc(Br)cc2Cl)nc(OC)n1. The van der Waals surface area contributed by atoms with Gasteiger partial charge in [-0.05, 0) is 24.6 Å².